The average molecular weight is 287 g/mol. The molecular formula is C14H22FNO2S. The highest BCUT2D eigenvalue weighted by Crippen LogP contribution is 2.06. The van der Waals surface area contributed by atoms with Crippen LogP contribution in [0.5, 0.6) is 0 Å². The number of sulfone groups is 1. The zero-order valence-electron chi connectivity index (χ0n) is 11.7. The van der Waals surface area contributed by atoms with Gasteiger partial charge in [-0.2, -0.15) is 0 Å². The van der Waals surface area contributed by atoms with Crippen LogP contribution in [0.3, 0.4) is 0 Å². The maximum Gasteiger partial charge on any atom is 0.153 e. The molecule has 0 aromatic heterocycles. The maximum atomic E-state index is 12.8. The maximum absolute atomic E-state index is 12.8. The minimum atomic E-state index is -2.98. The first-order valence-electron chi connectivity index (χ1n) is 6.50. The molecule has 19 heavy (non-hydrogen) atoms. The van der Waals surface area contributed by atoms with Gasteiger partial charge in [0.05, 0.1) is 11.0 Å². The van der Waals surface area contributed by atoms with E-state index in [2.05, 4.69) is 5.32 Å². The first kappa shape index (κ1) is 16.1. The summed E-state index contributed by atoms with van der Waals surface area (Å²) < 4.78 is 36.0. The predicted octanol–water partition coefficient (Wildman–Crippen LogP) is 2.17. The van der Waals surface area contributed by atoms with Crippen molar-refractivity contribution in [1.29, 1.82) is 0 Å². The normalized spacial score (nSPS) is 13.7. The average Bonchev–Trinajstić information content (AvgIpc) is 2.31. The first-order chi connectivity index (χ1) is 8.81. The molecule has 0 saturated heterocycles. The fourth-order valence-electron chi connectivity index (χ4n) is 1.73. The number of hydrogen-bond donors (Lipinski definition) is 1. The fourth-order valence-corrected chi connectivity index (χ4v) is 2.60. The van der Waals surface area contributed by atoms with Crippen molar-refractivity contribution in [3.63, 3.8) is 0 Å². The van der Waals surface area contributed by atoms with Crippen molar-refractivity contribution in [3.05, 3.63) is 35.6 Å². The van der Waals surface area contributed by atoms with Crippen LogP contribution in [0.25, 0.3) is 0 Å². The molecule has 108 valence electrons. The predicted molar refractivity (Wildman–Crippen MR) is 76.5 cm³/mol. The van der Waals surface area contributed by atoms with Gasteiger partial charge in [0.15, 0.2) is 9.84 Å². The molecule has 0 heterocycles. The quantitative estimate of drug-likeness (QED) is 0.836. The topological polar surface area (TPSA) is 46.2 Å². The highest BCUT2D eigenvalue weighted by atomic mass is 32.2. The SMILES string of the molecule is CC(Cc1ccc(F)cc1)NCCS(=O)(=O)C(C)C. The number of benzene rings is 1. The molecule has 3 nitrogen and oxygen atoms in total. The van der Waals surface area contributed by atoms with Gasteiger partial charge in [-0.05, 0) is 44.9 Å². The number of rotatable bonds is 7. The fraction of sp³-hybridized carbons (Fsp3) is 0.571. The molecule has 0 bridgehead atoms. The molecule has 1 rings (SSSR count). The van der Waals surface area contributed by atoms with Gasteiger partial charge in [0.2, 0.25) is 0 Å². The Kier molecular flexibility index (Phi) is 5.94. The summed E-state index contributed by atoms with van der Waals surface area (Å²) in [6.45, 7) is 5.82. The van der Waals surface area contributed by atoms with E-state index in [1.54, 1.807) is 26.0 Å². The molecule has 0 aliphatic heterocycles. The Morgan fingerprint density at radius 3 is 2.26 bits per heavy atom. The van der Waals surface area contributed by atoms with Crippen LogP contribution >= 0.6 is 0 Å². The van der Waals surface area contributed by atoms with Crippen molar-refractivity contribution in [3.8, 4) is 0 Å². The Morgan fingerprint density at radius 1 is 1.16 bits per heavy atom. The molecule has 0 aliphatic rings. The number of hydrogen-bond acceptors (Lipinski definition) is 3. The lowest BCUT2D eigenvalue weighted by atomic mass is 10.1. The van der Waals surface area contributed by atoms with Crippen LogP contribution in [-0.2, 0) is 16.3 Å². The third-order valence-electron chi connectivity index (χ3n) is 3.05. The lowest BCUT2D eigenvalue weighted by Gasteiger charge is -2.15. The molecule has 1 aromatic rings. The summed E-state index contributed by atoms with van der Waals surface area (Å²) >= 11 is 0. The van der Waals surface area contributed by atoms with Gasteiger partial charge >= 0.3 is 0 Å². The minimum absolute atomic E-state index is 0.151. The first-order valence-corrected chi connectivity index (χ1v) is 8.22. The van der Waals surface area contributed by atoms with Crippen LogP contribution < -0.4 is 5.32 Å². The van der Waals surface area contributed by atoms with Crippen molar-refractivity contribution in [2.24, 2.45) is 0 Å². The molecule has 0 radical (unpaired) electrons. The van der Waals surface area contributed by atoms with Gasteiger partial charge in [-0.25, -0.2) is 12.8 Å². The standard InChI is InChI=1S/C14H22FNO2S/c1-11(2)19(17,18)9-8-16-12(3)10-13-4-6-14(15)7-5-13/h4-7,11-12,16H,8-10H2,1-3H3. The Morgan fingerprint density at radius 2 is 1.74 bits per heavy atom. The van der Waals surface area contributed by atoms with Gasteiger partial charge in [0.1, 0.15) is 5.82 Å². The van der Waals surface area contributed by atoms with E-state index in [-0.39, 0.29) is 22.9 Å². The van der Waals surface area contributed by atoms with Crippen molar-refractivity contribution >= 4 is 9.84 Å². The second-order valence-electron chi connectivity index (χ2n) is 5.10. The van der Waals surface area contributed by atoms with Crippen LogP contribution in [0.1, 0.15) is 26.3 Å². The summed E-state index contributed by atoms with van der Waals surface area (Å²) in [4.78, 5) is 0. The van der Waals surface area contributed by atoms with Gasteiger partial charge in [-0.3, -0.25) is 0 Å². The summed E-state index contributed by atoms with van der Waals surface area (Å²) in [5.74, 6) is -0.0919. The summed E-state index contributed by atoms with van der Waals surface area (Å²) in [5, 5.41) is 2.85. The second kappa shape index (κ2) is 7.01. The van der Waals surface area contributed by atoms with E-state index >= 15 is 0 Å². The van der Waals surface area contributed by atoms with Crippen LogP contribution in [0, 0.1) is 5.82 Å². The van der Waals surface area contributed by atoms with E-state index in [9.17, 15) is 12.8 Å². The Bertz CT molecular complexity index is 483. The summed E-state index contributed by atoms with van der Waals surface area (Å²) in [6, 6.07) is 6.53. The summed E-state index contributed by atoms with van der Waals surface area (Å²) in [7, 11) is -2.98. The molecule has 0 saturated carbocycles. The van der Waals surface area contributed by atoms with Crippen LogP contribution in [0.2, 0.25) is 0 Å². The van der Waals surface area contributed by atoms with E-state index < -0.39 is 9.84 Å². The van der Waals surface area contributed by atoms with Crippen molar-refractivity contribution < 1.29 is 12.8 Å². The van der Waals surface area contributed by atoms with Gasteiger partial charge in [-0.15, -0.1) is 0 Å². The number of nitrogens with one attached hydrogen (secondary N) is 1. The Hall–Kier alpha value is -0.940. The van der Waals surface area contributed by atoms with E-state index in [4.69, 9.17) is 0 Å². The minimum Gasteiger partial charge on any atom is -0.313 e. The van der Waals surface area contributed by atoms with Crippen molar-refractivity contribution in [2.75, 3.05) is 12.3 Å². The van der Waals surface area contributed by atoms with Crippen LogP contribution in [0.15, 0.2) is 24.3 Å². The Labute approximate surface area is 115 Å². The third kappa shape index (κ3) is 5.70. The molecule has 5 heteroatoms. The van der Waals surface area contributed by atoms with E-state index in [1.807, 2.05) is 6.92 Å². The van der Waals surface area contributed by atoms with Gasteiger partial charge in [0.25, 0.3) is 0 Å². The summed E-state index contributed by atoms with van der Waals surface area (Å²) in [5.41, 5.74) is 1.04. The van der Waals surface area contributed by atoms with Crippen LogP contribution in [-0.4, -0.2) is 32.0 Å². The van der Waals surface area contributed by atoms with Crippen molar-refractivity contribution in [1.82, 2.24) is 5.32 Å². The molecule has 0 spiro atoms. The second-order valence-corrected chi connectivity index (χ2v) is 7.78. The lowest BCUT2D eigenvalue weighted by molar-refractivity contribution is 0.550. The van der Waals surface area contributed by atoms with Crippen LogP contribution in [0.4, 0.5) is 4.39 Å². The Balaban J connectivity index is 2.36. The molecule has 1 unspecified atom stereocenters. The zero-order chi connectivity index (χ0) is 14.5. The van der Waals surface area contributed by atoms with E-state index in [1.165, 1.54) is 12.1 Å². The number of halogens is 1. The molecule has 1 N–H and O–H groups in total. The van der Waals surface area contributed by atoms with Crippen molar-refractivity contribution in [2.45, 2.75) is 38.5 Å². The summed E-state index contributed by atoms with van der Waals surface area (Å²) in [6.07, 6.45) is 0.752. The van der Waals surface area contributed by atoms with E-state index in [0.29, 0.717) is 6.54 Å². The third-order valence-corrected chi connectivity index (χ3v) is 5.26. The molecule has 1 atom stereocenters. The molecule has 0 amide bonds. The monoisotopic (exact) mass is 287 g/mol. The smallest absolute Gasteiger partial charge is 0.153 e. The highest BCUT2D eigenvalue weighted by Gasteiger charge is 2.15. The molecule has 1 aromatic carbocycles. The molecular weight excluding hydrogens is 265 g/mol. The lowest BCUT2D eigenvalue weighted by Crippen LogP contribution is -2.34. The van der Waals surface area contributed by atoms with Gasteiger partial charge in [-0.1, -0.05) is 12.1 Å². The van der Waals surface area contributed by atoms with Gasteiger partial charge in [0, 0.05) is 12.6 Å². The van der Waals surface area contributed by atoms with Gasteiger partial charge < -0.3 is 5.32 Å². The largest absolute Gasteiger partial charge is 0.313 e. The highest BCUT2D eigenvalue weighted by molar-refractivity contribution is 7.92. The molecule has 0 aliphatic carbocycles. The zero-order valence-corrected chi connectivity index (χ0v) is 12.5. The van der Waals surface area contributed by atoms with E-state index in [0.717, 1.165) is 12.0 Å². The molecule has 0 fully saturated rings.